The fourth-order valence-corrected chi connectivity index (χ4v) is 3.06. The van der Waals surface area contributed by atoms with Gasteiger partial charge in [-0.2, -0.15) is 0 Å². The molecule has 2 amide bonds. The summed E-state index contributed by atoms with van der Waals surface area (Å²) in [5.41, 5.74) is 1.86. The lowest BCUT2D eigenvalue weighted by atomic mass is 9.99. The zero-order valence-electron chi connectivity index (χ0n) is 16.6. The maximum Gasteiger partial charge on any atom is 0.324 e. The molecule has 0 bridgehead atoms. The maximum atomic E-state index is 11.8. The van der Waals surface area contributed by atoms with E-state index in [4.69, 9.17) is 9.62 Å². The SMILES string of the molecule is CC(=O)Nc1ccc(-c2oc(/C=N\O)c([N+](=O)[O-])c2-c2ccc(NC(C)=O)cc2)cc1. The normalized spacial score (nSPS) is 10.8. The summed E-state index contributed by atoms with van der Waals surface area (Å²) in [4.78, 5) is 33.7. The van der Waals surface area contributed by atoms with Crippen molar-refractivity contribution in [2.75, 3.05) is 10.6 Å². The number of nitrogens with one attached hydrogen (secondary N) is 2. The average Bonchev–Trinajstić information content (AvgIpc) is 3.08. The molecule has 0 fully saturated rings. The number of hydrogen-bond acceptors (Lipinski definition) is 7. The fourth-order valence-electron chi connectivity index (χ4n) is 3.06. The van der Waals surface area contributed by atoms with E-state index in [9.17, 15) is 19.7 Å². The second-order valence-electron chi connectivity index (χ2n) is 6.54. The molecule has 2 aromatic carbocycles. The maximum absolute atomic E-state index is 11.8. The predicted octanol–water partition coefficient (Wildman–Crippen LogP) is 4.25. The van der Waals surface area contributed by atoms with Crippen LogP contribution in [0.1, 0.15) is 19.6 Å². The van der Waals surface area contributed by atoms with Crippen LogP contribution in [0.3, 0.4) is 0 Å². The first kappa shape index (κ1) is 21.2. The summed E-state index contributed by atoms with van der Waals surface area (Å²) in [5.74, 6) is -0.524. The Morgan fingerprint density at radius 3 is 1.87 bits per heavy atom. The number of anilines is 2. The summed E-state index contributed by atoms with van der Waals surface area (Å²) in [6.45, 7) is 2.76. The van der Waals surface area contributed by atoms with Crippen LogP contribution in [-0.2, 0) is 9.59 Å². The van der Waals surface area contributed by atoms with E-state index in [-0.39, 0.29) is 34.6 Å². The molecule has 0 spiro atoms. The number of hydrogen-bond donors (Lipinski definition) is 3. The Bertz CT molecular complexity index is 1160. The number of rotatable bonds is 6. The molecule has 158 valence electrons. The number of amides is 2. The lowest BCUT2D eigenvalue weighted by Crippen LogP contribution is -2.05. The summed E-state index contributed by atoms with van der Waals surface area (Å²) < 4.78 is 5.70. The monoisotopic (exact) mass is 422 g/mol. The second-order valence-corrected chi connectivity index (χ2v) is 6.54. The number of oxime groups is 1. The lowest BCUT2D eigenvalue weighted by Gasteiger charge is -2.07. The Kier molecular flexibility index (Phi) is 6.10. The van der Waals surface area contributed by atoms with Gasteiger partial charge >= 0.3 is 5.69 Å². The third-order valence-electron chi connectivity index (χ3n) is 4.23. The first-order valence-corrected chi connectivity index (χ1v) is 9.04. The smallest absolute Gasteiger partial charge is 0.324 e. The largest absolute Gasteiger partial charge is 0.447 e. The van der Waals surface area contributed by atoms with Crippen LogP contribution in [-0.4, -0.2) is 28.2 Å². The van der Waals surface area contributed by atoms with Gasteiger partial charge in [-0.1, -0.05) is 17.3 Å². The third-order valence-corrected chi connectivity index (χ3v) is 4.23. The molecule has 0 saturated carbocycles. The molecule has 3 aromatic rings. The molecule has 10 nitrogen and oxygen atoms in total. The van der Waals surface area contributed by atoms with E-state index in [0.717, 1.165) is 6.21 Å². The summed E-state index contributed by atoms with van der Waals surface area (Å²) in [6, 6.07) is 13.0. The molecule has 10 heteroatoms. The minimum absolute atomic E-state index is 0.182. The highest BCUT2D eigenvalue weighted by atomic mass is 16.6. The van der Waals surface area contributed by atoms with Crippen molar-refractivity contribution in [2.45, 2.75) is 13.8 Å². The van der Waals surface area contributed by atoms with Crippen LogP contribution >= 0.6 is 0 Å². The van der Waals surface area contributed by atoms with Crippen molar-refractivity contribution in [3.8, 4) is 22.5 Å². The van der Waals surface area contributed by atoms with Crippen LogP contribution < -0.4 is 10.6 Å². The fraction of sp³-hybridized carbons (Fsp3) is 0.0952. The van der Waals surface area contributed by atoms with Gasteiger partial charge in [-0.05, 0) is 42.0 Å². The third kappa shape index (κ3) is 4.75. The van der Waals surface area contributed by atoms with Crippen molar-refractivity contribution in [1.29, 1.82) is 0 Å². The van der Waals surface area contributed by atoms with E-state index in [1.165, 1.54) is 13.8 Å². The lowest BCUT2D eigenvalue weighted by molar-refractivity contribution is -0.384. The molecule has 0 aliphatic heterocycles. The van der Waals surface area contributed by atoms with Gasteiger partial charge in [-0.3, -0.25) is 19.7 Å². The Hall–Kier alpha value is -4.47. The molecule has 0 atom stereocenters. The van der Waals surface area contributed by atoms with Crippen molar-refractivity contribution in [3.05, 3.63) is 64.4 Å². The van der Waals surface area contributed by atoms with E-state index in [1.807, 2.05) is 0 Å². The van der Waals surface area contributed by atoms with Gasteiger partial charge in [0.25, 0.3) is 0 Å². The van der Waals surface area contributed by atoms with Gasteiger partial charge in [0.2, 0.25) is 17.6 Å². The van der Waals surface area contributed by atoms with E-state index >= 15 is 0 Å². The van der Waals surface area contributed by atoms with Crippen LogP contribution in [0.5, 0.6) is 0 Å². The van der Waals surface area contributed by atoms with Gasteiger partial charge in [0.1, 0.15) is 17.5 Å². The van der Waals surface area contributed by atoms with E-state index in [0.29, 0.717) is 22.5 Å². The predicted molar refractivity (Wildman–Crippen MR) is 114 cm³/mol. The Morgan fingerprint density at radius 2 is 1.45 bits per heavy atom. The number of carbonyl (C=O) groups excluding carboxylic acids is 2. The van der Waals surface area contributed by atoms with Gasteiger partial charge < -0.3 is 20.3 Å². The molecule has 1 aromatic heterocycles. The molecular formula is C21H18N4O6. The molecule has 0 aliphatic rings. The van der Waals surface area contributed by atoms with Gasteiger partial charge in [-0.15, -0.1) is 0 Å². The Labute approximate surface area is 176 Å². The Morgan fingerprint density at radius 1 is 0.968 bits per heavy atom. The second kappa shape index (κ2) is 8.91. The Balaban J connectivity index is 2.17. The zero-order valence-corrected chi connectivity index (χ0v) is 16.6. The van der Waals surface area contributed by atoms with Crippen molar-refractivity contribution >= 4 is 35.1 Å². The average molecular weight is 422 g/mol. The highest BCUT2D eigenvalue weighted by Crippen LogP contribution is 2.43. The standard InChI is InChI=1S/C21H18N4O6/c1-12(26)23-16-7-3-14(4-8-16)19-20(25(29)30)18(11-22-28)31-21(19)15-5-9-17(10-6-15)24-13(2)27/h3-11,28H,1-2H3,(H,23,26)(H,24,27)/b22-11-. The van der Waals surface area contributed by atoms with E-state index < -0.39 is 4.92 Å². The molecule has 3 rings (SSSR count). The van der Waals surface area contributed by atoms with Gasteiger partial charge in [0.15, 0.2) is 0 Å². The van der Waals surface area contributed by atoms with Crippen LogP contribution in [0.2, 0.25) is 0 Å². The quantitative estimate of drug-likeness (QED) is 0.234. The number of benzene rings is 2. The molecule has 0 aliphatic carbocycles. The molecule has 3 N–H and O–H groups in total. The minimum Gasteiger partial charge on any atom is -0.447 e. The molecule has 0 radical (unpaired) electrons. The number of nitrogens with zero attached hydrogens (tertiary/aromatic N) is 2. The van der Waals surface area contributed by atoms with Gasteiger partial charge in [-0.25, -0.2) is 0 Å². The van der Waals surface area contributed by atoms with Crippen molar-refractivity contribution in [2.24, 2.45) is 5.16 Å². The van der Waals surface area contributed by atoms with Crippen molar-refractivity contribution in [1.82, 2.24) is 0 Å². The highest BCUT2D eigenvalue weighted by Gasteiger charge is 2.31. The zero-order chi connectivity index (χ0) is 22.5. The first-order chi connectivity index (χ1) is 14.8. The van der Waals surface area contributed by atoms with Gasteiger partial charge in [0, 0.05) is 30.8 Å². The van der Waals surface area contributed by atoms with Crippen LogP contribution in [0.4, 0.5) is 17.1 Å². The number of furan rings is 1. The van der Waals surface area contributed by atoms with Crippen molar-refractivity contribution in [3.63, 3.8) is 0 Å². The summed E-state index contributed by atoms with van der Waals surface area (Å²) in [6.07, 6.45) is 0.850. The summed E-state index contributed by atoms with van der Waals surface area (Å²) in [7, 11) is 0. The minimum atomic E-state index is -0.618. The van der Waals surface area contributed by atoms with Gasteiger partial charge in [0.05, 0.1) is 4.92 Å². The number of nitro groups is 1. The van der Waals surface area contributed by atoms with E-state index in [2.05, 4.69) is 15.8 Å². The first-order valence-electron chi connectivity index (χ1n) is 9.04. The molecule has 31 heavy (non-hydrogen) atoms. The summed E-state index contributed by atoms with van der Waals surface area (Å²) in [5, 5.41) is 28.9. The van der Waals surface area contributed by atoms with E-state index in [1.54, 1.807) is 48.5 Å². The summed E-state index contributed by atoms with van der Waals surface area (Å²) >= 11 is 0. The number of carbonyl (C=O) groups is 2. The molecule has 1 heterocycles. The molecule has 0 unspecified atom stereocenters. The van der Waals surface area contributed by atoms with Crippen molar-refractivity contribution < 1.29 is 24.1 Å². The van der Waals surface area contributed by atoms with Crippen LogP contribution in [0.25, 0.3) is 22.5 Å². The molecular weight excluding hydrogens is 404 g/mol. The van der Waals surface area contributed by atoms with Crippen LogP contribution in [0.15, 0.2) is 58.1 Å². The van der Waals surface area contributed by atoms with Crippen LogP contribution in [0, 0.1) is 10.1 Å². The topological polar surface area (TPSA) is 147 Å². The highest BCUT2D eigenvalue weighted by molar-refractivity contribution is 5.96. The molecule has 0 saturated heterocycles.